The van der Waals surface area contributed by atoms with Gasteiger partial charge in [0.05, 0.1) is 35.7 Å². The molecule has 200 valence electrons. The molecule has 38 heavy (non-hydrogen) atoms. The maximum absolute atomic E-state index is 13.9. The van der Waals surface area contributed by atoms with Crippen molar-refractivity contribution in [3.05, 3.63) is 74.8 Å². The van der Waals surface area contributed by atoms with E-state index in [-0.39, 0.29) is 18.0 Å². The Balaban J connectivity index is 1.71. The molecule has 5 rings (SSSR count). The Morgan fingerprint density at radius 1 is 1.29 bits per heavy atom. The highest BCUT2D eigenvalue weighted by Crippen LogP contribution is 2.36. The number of rotatable bonds is 9. The van der Waals surface area contributed by atoms with Crippen LogP contribution in [0.3, 0.4) is 0 Å². The van der Waals surface area contributed by atoms with E-state index in [4.69, 9.17) is 13.9 Å². The minimum atomic E-state index is -1.79. The van der Waals surface area contributed by atoms with E-state index in [0.29, 0.717) is 34.4 Å². The minimum absolute atomic E-state index is 0.0292. The van der Waals surface area contributed by atoms with Crippen molar-refractivity contribution in [2.75, 3.05) is 13.2 Å². The van der Waals surface area contributed by atoms with Crippen LogP contribution >= 0.6 is 11.3 Å². The van der Waals surface area contributed by atoms with Crippen molar-refractivity contribution >= 4 is 27.5 Å². The van der Waals surface area contributed by atoms with E-state index in [0.717, 1.165) is 23.0 Å². The molecule has 1 N–H and O–H groups in total. The zero-order valence-corrected chi connectivity index (χ0v) is 22.2. The number of oxazole rings is 1. The Bertz CT molecular complexity index is 1560. The monoisotopic (exact) mass is 539 g/mol. The fourth-order valence-corrected chi connectivity index (χ4v) is 5.96. The zero-order valence-electron chi connectivity index (χ0n) is 21.4. The van der Waals surface area contributed by atoms with Crippen LogP contribution in [0, 0.1) is 6.92 Å². The van der Waals surface area contributed by atoms with Gasteiger partial charge in [0.25, 0.3) is 5.56 Å². The van der Waals surface area contributed by atoms with Crippen LogP contribution in [0.5, 0.6) is 0 Å². The van der Waals surface area contributed by atoms with Crippen molar-refractivity contribution in [3.8, 4) is 10.8 Å². The first-order valence-electron chi connectivity index (χ1n) is 12.4. The maximum atomic E-state index is 13.9. The van der Waals surface area contributed by atoms with Crippen LogP contribution in [0.25, 0.3) is 21.0 Å². The summed E-state index contributed by atoms with van der Waals surface area (Å²) in [5.41, 5.74) is -1.77. The van der Waals surface area contributed by atoms with Crippen LogP contribution in [-0.4, -0.2) is 44.5 Å². The summed E-state index contributed by atoms with van der Waals surface area (Å²) in [6, 6.07) is 9.50. The highest BCUT2D eigenvalue weighted by molar-refractivity contribution is 7.22. The summed E-state index contributed by atoms with van der Waals surface area (Å²) in [6.45, 7) is 5.53. The van der Waals surface area contributed by atoms with E-state index in [2.05, 4.69) is 4.98 Å². The number of ether oxygens (including phenoxy) is 2. The maximum Gasteiger partial charge on any atom is 0.333 e. The Kier molecular flexibility index (Phi) is 7.08. The van der Waals surface area contributed by atoms with Gasteiger partial charge in [-0.15, -0.1) is 11.3 Å². The quantitative estimate of drug-likeness (QED) is 0.339. The van der Waals surface area contributed by atoms with Gasteiger partial charge in [-0.3, -0.25) is 9.36 Å². The highest BCUT2D eigenvalue weighted by Gasteiger charge is 2.36. The molecule has 0 aliphatic carbocycles. The van der Waals surface area contributed by atoms with Gasteiger partial charge in [0.15, 0.2) is 0 Å². The van der Waals surface area contributed by atoms with Crippen LogP contribution in [0.15, 0.2) is 56.8 Å². The number of carbonyl (C=O) groups is 1. The Labute approximate surface area is 222 Å². The molecular formula is C27H29N3O7S. The molecule has 2 atom stereocenters. The average Bonchev–Trinajstić information content (AvgIpc) is 3.66. The fraction of sp³-hybridized carbons (Fsp3) is 0.407. The summed E-state index contributed by atoms with van der Waals surface area (Å²) in [6.07, 6.45) is 4.22. The molecule has 1 aliphatic heterocycles. The molecule has 3 aromatic heterocycles. The number of thiophene rings is 1. The predicted molar refractivity (Wildman–Crippen MR) is 142 cm³/mol. The molecule has 0 radical (unpaired) electrons. The number of hydrogen-bond donors (Lipinski definition) is 1. The number of carboxylic acids is 1. The molecule has 10 nitrogen and oxygen atoms in total. The molecule has 1 aromatic carbocycles. The number of benzene rings is 1. The van der Waals surface area contributed by atoms with Gasteiger partial charge >= 0.3 is 11.7 Å². The average molecular weight is 540 g/mol. The second-order valence-electron chi connectivity index (χ2n) is 9.84. The van der Waals surface area contributed by atoms with Crippen LogP contribution in [0.2, 0.25) is 0 Å². The summed E-state index contributed by atoms with van der Waals surface area (Å²) >= 11 is 1.21. The van der Waals surface area contributed by atoms with E-state index >= 15 is 0 Å². The molecular weight excluding hydrogens is 510 g/mol. The van der Waals surface area contributed by atoms with E-state index < -0.39 is 28.9 Å². The molecule has 1 saturated heterocycles. The molecule has 0 saturated carbocycles. The third-order valence-electron chi connectivity index (χ3n) is 6.95. The van der Waals surface area contributed by atoms with Crippen LogP contribution < -0.4 is 11.2 Å². The van der Waals surface area contributed by atoms with E-state index in [1.165, 1.54) is 42.2 Å². The van der Waals surface area contributed by atoms with Crippen molar-refractivity contribution in [1.29, 1.82) is 0 Å². The highest BCUT2D eigenvalue weighted by atomic mass is 32.1. The van der Waals surface area contributed by atoms with E-state index in [1.807, 2.05) is 30.3 Å². The number of aryl methyl sites for hydroxylation is 1. The second-order valence-corrected chi connectivity index (χ2v) is 10.8. The van der Waals surface area contributed by atoms with Crippen molar-refractivity contribution in [3.63, 3.8) is 0 Å². The third-order valence-corrected chi connectivity index (χ3v) is 8.25. The SMILES string of the molecule is Cc1c(-c2ncco2)sc2c1c(=O)n(C(C)(C)C(=O)O)c(=O)n2CC(OCC1CCCO1)c1ccccc1. The molecule has 4 heterocycles. The first-order chi connectivity index (χ1) is 18.2. The smallest absolute Gasteiger partial charge is 0.333 e. The van der Waals surface area contributed by atoms with Gasteiger partial charge in [-0.2, -0.15) is 0 Å². The standard InChI is InChI=1S/C27H29N3O7S/c1-16-20-23(31)30(27(2,3)25(32)33)26(34)29(24(20)38-21(16)22-28-11-13-36-22)14-19(17-8-5-4-6-9-17)37-15-18-10-7-12-35-18/h4-6,8-9,11,13,18-19H,7,10,12,14-15H2,1-3H3,(H,32,33). The summed E-state index contributed by atoms with van der Waals surface area (Å²) in [5.74, 6) is -0.974. The summed E-state index contributed by atoms with van der Waals surface area (Å²) < 4.78 is 19.8. The van der Waals surface area contributed by atoms with Gasteiger partial charge < -0.3 is 19.0 Å². The van der Waals surface area contributed by atoms with Gasteiger partial charge in [-0.1, -0.05) is 30.3 Å². The molecule has 0 spiro atoms. The summed E-state index contributed by atoms with van der Waals surface area (Å²) in [4.78, 5) is 45.0. The number of nitrogens with zero attached hydrogens (tertiary/aromatic N) is 3. The number of aromatic nitrogens is 3. The molecule has 0 bridgehead atoms. The second kappa shape index (κ2) is 10.3. The molecule has 4 aromatic rings. The van der Waals surface area contributed by atoms with Crippen LogP contribution in [0.4, 0.5) is 0 Å². The topological polar surface area (TPSA) is 126 Å². The van der Waals surface area contributed by atoms with Gasteiger partial charge in [-0.25, -0.2) is 19.1 Å². The van der Waals surface area contributed by atoms with Crippen LogP contribution in [0.1, 0.15) is 43.9 Å². The minimum Gasteiger partial charge on any atom is -0.480 e. The summed E-state index contributed by atoms with van der Waals surface area (Å²) in [7, 11) is 0. The lowest BCUT2D eigenvalue weighted by molar-refractivity contribution is -0.146. The molecule has 11 heteroatoms. The molecule has 1 aliphatic rings. The zero-order chi connectivity index (χ0) is 27.0. The number of aliphatic carboxylic acids is 1. The molecule has 0 amide bonds. The fourth-order valence-electron chi connectivity index (χ4n) is 4.72. The number of fused-ring (bicyclic) bond motifs is 1. The first-order valence-corrected chi connectivity index (χ1v) is 13.2. The van der Waals surface area contributed by atoms with E-state index in [1.54, 1.807) is 6.92 Å². The lowest BCUT2D eigenvalue weighted by atomic mass is 10.1. The van der Waals surface area contributed by atoms with Gasteiger partial charge in [-0.05, 0) is 44.7 Å². The Morgan fingerprint density at radius 3 is 2.68 bits per heavy atom. The normalized spacial score (nSPS) is 16.8. The van der Waals surface area contributed by atoms with E-state index in [9.17, 15) is 19.5 Å². The lowest BCUT2D eigenvalue weighted by Gasteiger charge is -2.25. The largest absolute Gasteiger partial charge is 0.480 e. The van der Waals surface area contributed by atoms with Gasteiger partial charge in [0.2, 0.25) is 5.89 Å². The third kappa shape index (κ3) is 4.61. The number of carboxylic acid groups (broad SMARTS) is 1. The van der Waals surface area contributed by atoms with Crippen molar-refractivity contribution in [2.24, 2.45) is 0 Å². The number of hydrogen-bond acceptors (Lipinski definition) is 8. The van der Waals surface area contributed by atoms with Gasteiger partial charge in [0, 0.05) is 6.61 Å². The Morgan fingerprint density at radius 2 is 2.05 bits per heavy atom. The molecule has 1 fully saturated rings. The van der Waals surface area contributed by atoms with Crippen molar-refractivity contribution < 1.29 is 23.8 Å². The summed E-state index contributed by atoms with van der Waals surface area (Å²) in [5, 5.41) is 10.2. The van der Waals surface area contributed by atoms with Crippen molar-refractivity contribution in [2.45, 2.75) is 57.9 Å². The lowest BCUT2D eigenvalue weighted by Crippen LogP contribution is -2.52. The first kappa shape index (κ1) is 26.1. The predicted octanol–water partition coefficient (Wildman–Crippen LogP) is 3.94. The molecule has 2 unspecified atom stereocenters. The Hall–Kier alpha value is -3.54. The van der Waals surface area contributed by atoms with Gasteiger partial charge in [0.1, 0.15) is 22.7 Å². The van der Waals surface area contributed by atoms with Crippen LogP contribution in [-0.2, 0) is 26.4 Å². The van der Waals surface area contributed by atoms with Crippen molar-refractivity contribution in [1.82, 2.24) is 14.1 Å².